The van der Waals surface area contributed by atoms with E-state index in [2.05, 4.69) is 28.9 Å². The molecule has 18 heavy (non-hydrogen) atoms. The number of rotatable bonds is 4. The van der Waals surface area contributed by atoms with Crippen LogP contribution in [0.15, 0.2) is 12.1 Å². The van der Waals surface area contributed by atoms with Crippen molar-refractivity contribution in [2.45, 2.75) is 25.5 Å². The number of pyridine rings is 1. The molecule has 1 aliphatic rings. The fourth-order valence-corrected chi connectivity index (χ4v) is 2.66. The number of likely N-dealkylation sites (N-methyl/N-ethyl adjacent to an activating group) is 1. The van der Waals surface area contributed by atoms with Crippen molar-refractivity contribution in [1.29, 1.82) is 0 Å². The minimum absolute atomic E-state index is 0.112. The monoisotopic (exact) mass is 269 g/mol. The van der Waals surface area contributed by atoms with Gasteiger partial charge in [-0.15, -0.1) is 0 Å². The molecule has 0 aromatic carbocycles. The number of nitrogens with zero attached hydrogens (tertiary/aromatic N) is 3. The molecule has 2 heterocycles. The summed E-state index contributed by atoms with van der Waals surface area (Å²) in [5, 5.41) is 9.76. The highest BCUT2D eigenvalue weighted by atomic mass is 35.5. The van der Waals surface area contributed by atoms with E-state index >= 15 is 0 Å². The molecule has 1 N–H and O–H groups in total. The van der Waals surface area contributed by atoms with Crippen molar-refractivity contribution in [2.24, 2.45) is 0 Å². The topological polar surface area (TPSA) is 39.6 Å². The summed E-state index contributed by atoms with van der Waals surface area (Å²) in [6, 6.07) is 4.26. The van der Waals surface area contributed by atoms with E-state index in [0.29, 0.717) is 16.8 Å². The number of hydrogen-bond donors (Lipinski definition) is 1. The molecule has 1 aromatic rings. The normalized spacial score (nSPS) is 19.8. The van der Waals surface area contributed by atoms with E-state index in [9.17, 15) is 5.11 Å². The lowest BCUT2D eigenvalue weighted by Gasteiger charge is -2.28. The fraction of sp³-hybridized carbons (Fsp3) is 0.615. The molecule has 100 valence electrons. The lowest BCUT2D eigenvalue weighted by Crippen LogP contribution is -2.38. The molecular formula is C13H20ClN3O. The van der Waals surface area contributed by atoms with E-state index in [1.807, 2.05) is 12.1 Å². The van der Waals surface area contributed by atoms with Crippen LogP contribution in [0.1, 0.15) is 18.5 Å². The van der Waals surface area contributed by atoms with Gasteiger partial charge in [0.15, 0.2) is 0 Å². The first kappa shape index (κ1) is 13.6. The molecule has 0 amide bonds. The number of halogens is 1. The van der Waals surface area contributed by atoms with Gasteiger partial charge in [0.2, 0.25) is 0 Å². The van der Waals surface area contributed by atoms with Crippen LogP contribution in [0.5, 0.6) is 0 Å². The smallest absolute Gasteiger partial charge is 0.129 e. The molecule has 0 spiro atoms. The quantitative estimate of drug-likeness (QED) is 0.904. The van der Waals surface area contributed by atoms with Crippen LogP contribution in [0, 0.1) is 0 Å². The third-order valence-corrected chi connectivity index (χ3v) is 3.65. The first-order chi connectivity index (χ1) is 8.61. The SMILES string of the molecule is CN(C)CC1CCCN1c1ccc(Cl)c(CO)n1. The molecule has 1 aliphatic heterocycles. The highest BCUT2D eigenvalue weighted by Crippen LogP contribution is 2.26. The van der Waals surface area contributed by atoms with Crippen molar-refractivity contribution in [3.05, 3.63) is 22.8 Å². The average Bonchev–Trinajstić information content (AvgIpc) is 2.77. The third-order valence-electron chi connectivity index (χ3n) is 3.30. The van der Waals surface area contributed by atoms with E-state index in [0.717, 1.165) is 18.9 Å². The lowest BCUT2D eigenvalue weighted by atomic mass is 10.2. The molecule has 1 fully saturated rings. The van der Waals surface area contributed by atoms with Gasteiger partial charge in [0, 0.05) is 19.1 Å². The fourth-order valence-electron chi connectivity index (χ4n) is 2.49. The second-order valence-corrected chi connectivity index (χ2v) is 5.41. The van der Waals surface area contributed by atoms with Gasteiger partial charge in [0.05, 0.1) is 17.3 Å². The Bertz CT molecular complexity index is 411. The van der Waals surface area contributed by atoms with Gasteiger partial charge in [-0.2, -0.15) is 0 Å². The Morgan fingerprint density at radius 1 is 1.50 bits per heavy atom. The van der Waals surface area contributed by atoms with Gasteiger partial charge in [-0.1, -0.05) is 11.6 Å². The molecule has 2 rings (SSSR count). The minimum Gasteiger partial charge on any atom is -0.390 e. The van der Waals surface area contributed by atoms with Crippen molar-refractivity contribution < 1.29 is 5.11 Å². The Morgan fingerprint density at radius 3 is 2.94 bits per heavy atom. The summed E-state index contributed by atoms with van der Waals surface area (Å²) >= 11 is 5.97. The molecule has 1 aromatic heterocycles. The Labute approximate surface area is 113 Å². The standard InChI is InChI=1S/C13H20ClN3O/c1-16(2)8-10-4-3-7-17(10)13-6-5-11(14)12(9-18)15-13/h5-6,10,18H,3-4,7-9H2,1-2H3. The first-order valence-corrected chi connectivity index (χ1v) is 6.67. The van der Waals surface area contributed by atoms with Crippen LogP contribution in [-0.4, -0.2) is 48.2 Å². The molecule has 0 saturated carbocycles. The van der Waals surface area contributed by atoms with Gasteiger partial charge >= 0.3 is 0 Å². The highest BCUT2D eigenvalue weighted by Gasteiger charge is 2.26. The van der Waals surface area contributed by atoms with E-state index < -0.39 is 0 Å². The summed E-state index contributed by atoms with van der Waals surface area (Å²) in [6.07, 6.45) is 2.38. The largest absolute Gasteiger partial charge is 0.390 e. The molecule has 0 radical (unpaired) electrons. The van der Waals surface area contributed by atoms with Crippen molar-refractivity contribution >= 4 is 17.4 Å². The molecule has 1 unspecified atom stereocenters. The zero-order chi connectivity index (χ0) is 13.1. The van der Waals surface area contributed by atoms with E-state index in [1.54, 1.807) is 0 Å². The second kappa shape index (κ2) is 5.87. The van der Waals surface area contributed by atoms with Crippen LogP contribution in [0.3, 0.4) is 0 Å². The Morgan fingerprint density at radius 2 is 2.28 bits per heavy atom. The van der Waals surface area contributed by atoms with Crippen molar-refractivity contribution in [1.82, 2.24) is 9.88 Å². The van der Waals surface area contributed by atoms with Gasteiger partial charge in [-0.3, -0.25) is 0 Å². The van der Waals surface area contributed by atoms with Gasteiger partial charge < -0.3 is 14.9 Å². The number of aromatic nitrogens is 1. The Kier molecular flexibility index (Phi) is 4.43. The van der Waals surface area contributed by atoms with Crippen LogP contribution in [0.2, 0.25) is 5.02 Å². The summed E-state index contributed by atoms with van der Waals surface area (Å²) in [5.74, 6) is 0.924. The summed E-state index contributed by atoms with van der Waals surface area (Å²) in [4.78, 5) is 8.97. The summed E-state index contributed by atoms with van der Waals surface area (Å²) in [6.45, 7) is 1.94. The van der Waals surface area contributed by atoms with Gasteiger partial charge in [-0.25, -0.2) is 4.98 Å². The number of hydrogen-bond acceptors (Lipinski definition) is 4. The maximum absolute atomic E-state index is 9.22. The zero-order valence-corrected chi connectivity index (χ0v) is 11.7. The van der Waals surface area contributed by atoms with Crippen LogP contribution in [-0.2, 0) is 6.61 Å². The van der Waals surface area contributed by atoms with Crippen LogP contribution in [0.4, 0.5) is 5.82 Å². The molecule has 0 bridgehead atoms. The molecule has 1 saturated heterocycles. The Hall–Kier alpha value is -0.840. The molecule has 5 heteroatoms. The van der Waals surface area contributed by atoms with Crippen LogP contribution < -0.4 is 4.90 Å². The maximum atomic E-state index is 9.22. The Balaban J connectivity index is 2.19. The van der Waals surface area contributed by atoms with E-state index in [4.69, 9.17) is 11.6 Å². The summed E-state index contributed by atoms with van der Waals surface area (Å²) in [7, 11) is 4.18. The third kappa shape index (κ3) is 2.94. The van der Waals surface area contributed by atoms with Gasteiger partial charge in [0.25, 0.3) is 0 Å². The van der Waals surface area contributed by atoms with E-state index in [1.165, 1.54) is 12.8 Å². The maximum Gasteiger partial charge on any atom is 0.129 e. The number of aliphatic hydroxyl groups excluding tert-OH is 1. The average molecular weight is 270 g/mol. The van der Waals surface area contributed by atoms with Gasteiger partial charge in [-0.05, 0) is 39.1 Å². The molecule has 0 aliphatic carbocycles. The van der Waals surface area contributed by atoms with Crippen LogP contribution in [0.25, 0.3) is 0 Å². The first-order valence-electron chi connectivity index (χ1n) is 6.29. The van der Waals surface area contributed by atoms with E-state index in [-0.39, 0.29) is 6.61 Å². The lowest BCUT2D eigenvalue weighted by molar-refractivity contribution is 0.277. The summed E-state index contributed by atoms with van der Waals surface area (Å²) in [5.41, 5.74) is 0.560. The minimum atomic E-state index is -0.112. The predicted molar refractivity (Wildman–Crippen MR) is 74.1 cm³/mol. The molecular weight excluding hydrogens is 250 g/mol. The van der Waals surface area contributed by atoms with Gasteiger partial charge in [0.1, 0.15) is 5.82 Å². The van der Waals surface area contributed by atoms with Crippen molar-refractivity contribution in [2.75, 3.05) is 32.1 Å². The van der Waals surface area contributed by atoms with Crippen molar-refractivity contribution in [3.63, 3.8) is 0 Å². The second-order valence-electron chi connectivity index (χ2n) is 5.01. The number of anilines is 1. The predicted octanol–water partition coefficient (Wildman–Crippen LogP) is 1.76. The molecule has 1 atom stereocenters. The van der Waals surface area contributed by atoms with Crippen LogP contribution >= 0.6 is 11.6 Å². The number of aliphatic hydroxyl groups is 1. The van der Waals surface area contributed by atoms with Crippen molar-refractivity contribution in [3.8, 4) is 0 Å². The highest BCUT2D eigenvalue weighted by molar-refractivity contribution is 6.31. The summed E-state index contributed by atoms with van der Waals surface area (Å²) < 4.78 is 0. The zero-order valence-electron chi connectivity index (χ0n) is 10.9. The molecule has 4 nitrogen and oxygen atoms in total.